The van der Waals surface area contributed by atoms with E-state index >= 15 is 0 Å². The Hall–Kier alpha value is -2.68. The predicted molar refractivity (Wildman–Crippen MR) is 174 cm³/mol. The number of halogens is 2. The molecule has 1 aromatic heterocycles. The first kappa shape index (κ1) is 35.5. The van der Waals surface area contributed by atoms with Gasteiger partial charge in [0, 0.05) is 24.7 Å². The van der Waals surface area contributed by atoms with E-state index in [4.69, 9.17) is 0 Å². The van der Waals surface area contributed by atoms with Crippen LogP contribution in [0.25, 0.3) is 0 Å². The Morgan fingerprint density at radius 1 is 1.05 bits per heavy atom. The number of hydrogen-bond acceptors (Lipinski definition) is 5. The van der Waals surface area contributed by atoms with Gasteiger partial charge in [0.15, 0.2) is 5.82 Å². The van der Waals surface area contributed by atoms with Crippen molar-refractivity contribution in [3.63, 3.8) is 0 Å². The molecule has 0 aliphatic carbocycles. The minimum atomic E-state index is -0.283. The van der Waals surface area contributed by atoms with Gasteiger partial charge in [0.1, 0.15) is 0 Å². The van der Waals surface area contributed by atoms with Gasteiger partial charge in [0.2, 0.25) is 11.8 Å². The fourth-order valence-corrected chi connectivity index (χ4v) is 6.08. The standard InChI is InChI=1S/C32H45N5O3.2ClH/c1-5-18-32(3,4)31(40)36(6-2)20-10-9-12-24-16-21-35(22-17-24)23-28(38)37-27-15-8-7-13-25(27)30(39)34-26-14-11-19-33-29(26)37;;/h7-8,11,13-15,19,24H,5-6,9-10,12,16-18,20-23H2,1-4H3,(H,34,39);2*1H. The molecule has 42 heavy (non-hydrogen) atoms. The van der Waals surface area contributed by atoms with E-state index in [1.807, 2.05) is 11.0 Å². The minimum absolute atomic E-state index is 0. The van der Waals surface area contributed by atoms with Crippen LogP contribution < -0.4 is 10.2 Å². The number of benzene rings is 1. The summed E-state index contributed by atoms with van der Waals surface area (Å²) in [5, 5.41) is 2.90. The highest BCUT2D eigenvalue weighted by molar-refractivity contribution is 6.17. The zero-order valence-electron chi connectivity index (χ0n) is 25.4. The monoisotopic (exact) mass is 619 g/mol. The Morgan fingerprint density at radius 2 is 1.76 bits per heavy atom. The largest absolute Gasteiger partial charge is 0.343 e. The third kappa shape index (κ3) is 8.45. The lowest BCUT2D eigenvalue weighted by atomic mass is 9.86. The molecule has 0 saturated carbocycles. The first-order valence-corrected chi connectivity index (χ1v) is 14.9. The SMILES string of the molecule is CCCC(C)(C)C(=O)N(CC)CCCCC1CCN(CC(=O)N2c3ccccc3C(=O)Nc3cccnc32)CC1.Cl.Cl. The third-order valence-corrected chi connectivity index (χ3v) is 8.36. The molecule has 8 nitrogen and oxygen atoms in total. The summed E-state index contributed by atoms with van der Waals surface area (Å²) < 4.78 is 0. The van der Waals surface area contributed by atoms with Gasteiger partial charge in [0.05, 0.1) is 23.5 Å². The quantitative estimate of drug-likeness (QED) is 0.282. The number of nitrogens with one attached hydrogen (secondary N) is 1. The first-order chi connectivity index (χ1) is 19.2. The summed E-state index contributed by atoms with van der Waals surface area (Å²) in [6.07, 6.45) is 9.04. The van der Waals surface area contributed by atoms with Gasteiger partial charge in [0.25, 0.3) is 5.91 Å². The number of carbonyl (C=O) groups excluding carboxylic acids is 3. The van der Waals surface area contributed by atoms with E-state index in [9.17, 15) is 14.4 Å². The zero-order chi connectivity index (χ0) is 28.7. The van der Waals surface area contributed by atoms with Crippen molar-refractivity contribution < 1.29 is 14.4 Å². The smallest absolute Gasteiger partial charge is 0.257 e. The summed E-state index contributed by atoms with van der Waals surface area (Å²) in [5.74, 6) is 1.06. The molecule has 3 amide bonds. The van der Waals surface area contributed by atoms with Gasteiger partial charge in [-0.25, -0.2) is 4.98 Å². The van der Waals surface area contributed by atoms with Crippen molar-refractivity contribution in [1.82, 2.24) is 14.8 Å². The molecule has 0 bridgehead atoms. The van der Waals surface area contributed by atoms with E-state index in [2.05, 4.69) is 42.9 Å². The van der Waals surface area contributed by atoms with Gasteiger partial charge in [-0.3, -0.25) is 24.2 Å². The molecule has 0 spiro atoms. The molecule has 1 fully saturated rings. The van der Waals surface area contributed by atoms with Crippen LogP contribution in [-0.4, -0.2) is 65.2 Å². The third-order valence-electron chi connectivity index (χ3n) is 8.36. The van der Waals surface area contributed by atoms with Crippen LogP contribution in [0.5, 0.6) is 0 Å². The molecule has 1 aromatic carbocycles. The highest BCUT2D eigenvalue weighted by Gasteiger charge is 2.32. The van der Waals surface area contributed by atoms with E-state index in [1.165, 1.54) is 0 Å². The summed E-state index contributed by atoms with van der Waals surface area (Å²) in [6.45, 7) is 12.0. The fourth-order valence-electron chi connectivity index (χ4n) is 6.08. The zero-order valence-corrected chi connectivity index (χ0v) is 27.1. The molecule has 3 heterocycles. The van der Waals surface area contributed by atoms with Gasteiger partial charge in [-0.15, -0.1) is 24.8 Å². The minimum Gasteiger partial charge on any atom is -0.343 e. The molecule has 2 aliphatic rings. The lowest BCUT2D eigenvalue weighted by molar-refractivity contribution is -0.140. The Kier molecular flexibility index (Phi) is 13.7. The van der Waals surface area contributed by atoms with Crippen molar-refractivity contribution in [3.05, 3.63) is 48.2 Å². The maximum absolute atomic E-state index is 13.7. The van der Waals surface area contributed by atoms with Crippen LogP contribution in [0.4, 0.5) is 17.2 Å². The van der Waals surface area contributed by atoms with Crippen molar-refractivity contribution >= 4 is 59.7 Å². The fraction of sp³-hybridized carbons (Fsp3) is 0.562. The number of aromatic nitrogens is 1. The van der Waals surface area contributed by atoms with E-state index < -0.39 is 0 Å². The van der Waals surface area contributed by atoms with Crippen molar-refractivity contribution in [1.29, 1.82) is 0 Å². The van der Waals surface area contributed by atoms with Crippen LogP contribution in [0.2, 0.25) is 0 Å². The molecular formula is C32H47Cl2N5O3. The lowest BCUT2D eigenvalue weighted by Gasteiger charge is -2.33. The molecule has 0 radical (unpaired) electrons. The molecular weight excluding hydrogens is 573 g/mol. The number of unbranched alkanes of at least 4 members (excludes halogenated alkanes) is 1. The number of likely N-dealkylation sites (tertiary alicyclic amines) is 1. The highest BCUT2D eigenvalue weighted by Crippen LogP contribution is 2.36. The van der Waals surface area contributed by atoms with Gasteiger partial charge in [-0.05, 0) is 75.9 Å². The van der Waals surface area contributed by atoms with Crippen LogP contribution in [0, 0.1) is 11.3 Å². The molecule has 0 atom stereocenters. The highest BCUT2D eigenvalue weighted by atomic mass is 35.5. The molecule has 1 N–H and O–H groups in total. The average Bonchev–Trinajstić information content (AvgIpc) is 3.07. The number of fused-ring (bicyclic) bond motifs is 2. The predicted octanol–water partition coefficient (Wildman–Crippen LogP) is 6.71. The Bertz CT molecular complexity index is 1200. The van der Waals surface area contributed by atoms with Gasteiger partial charge in [-0.1, -0.05) is 52.2 Å². The second kappa shape index (κ2) is 16.2. The number of hydrogen-bond donors (Lipinski definition) is 1. The van der Waals surface area contributed by atoms with Crippen LogP contribution in [0.3, 0.4) is 0 Å². The number of anilines is 3. The molecule has 4 rings (SSSR count). The van der Waals surface area contributed by atoms with E-state index in [0.29, 0.717) is 28.7 Å². The maximum atomic E-state index is 13.7. The number of piperidine rings is 1. The molecule has 1 saturated heterocycles. The van der Waals surface area contributed by atoms with Crippen LogP contribution in [0.1, 0.15) is 83.0 Å². The molecule has 2 aromatic rings. The first-order valence-electron chi connectivity index (χ1n) is 14.9. The van der Waals surface area contributed by atoms with Crippen molar-refractivity contribution in [2.45, 2.75) is 72.6 Å². The molecule has 10 heteroatoms. The second-order valence-electron chi connectivity index (χ2n) is 11.8. The topological polar surface area (TPSA) is 85.9 Å². The molecule has 0 unspecified atom stereocenters. The Labute approximate surface area is 263 Å². The van der Waals surface area contributed by atoms with Crippen molar-refractivity contribution in [2.75, 3.05) is 42.9 Å². The van der Waals surface area contributed by atoms with E-state index in [0.717, 1.165) is 71.1 Å². The summed E-state index contributed by atoms with van der Waals surface area (Å²) in [4.78, 5) is 49.8. The second-order valence-corrected chi connectivity index (χ2v) is 11.8. The summed E-state index contributed by atoms with van der Waals surface area (Å²) in [5.41, 5.74) is 1.28. The van der Waals surface area contributed by atoms with Crippen molar-refractivity contribution in [3.8, 4) is 0 Å². The maximum Gasteiger partial charge on any atom is 0.257 e. The number of nitrogens with zero attached hydrogens (tertiary/aromatic N) is 4. The van der Waals surface area contributed by atoms with E-state index in [1.54, 1.807) is 41.4 Å². The van der Waals surface area contributed by atoms with Crippen LogP contribution in [0.15, 0.2) is 42.6 Å². The number of pyridine rings is 1. The van der Waals surface area contributed by atoms with E-state index in [-0.39, 0.29) is 54.5 Å². The van der Waals surface area contributed by atoms with Crippen LogP contribution in [-0.2, 0) is 9.59 Å². The van der Waals surface area contributed by atoms with Crippen molar-refractivity contribution in [2.24, 2.45) is 11.3 Å². The molecule has 2 aliphatic heterocycles. The number of para-hydroxylation sites is 1. The summed E-state index contributed by atoms with van der Waals surface area (Å²) in [7, 11) is 0. The number of rotatable bonds is 11. The van der Waals surface area contributed by atoms with Gasteiger partial charge < -0.3 is 10.2 Å². The average molecular weight is 621 g/mol. The Balaban J connectivity index is 0.00000308. The summed E-state index contributed by atoms with van der Waals surface area (Å²) >= 11 is 0. The number of carbonyl (C=O) groups is 3. The Morgan fingerprint density at radius 3 is 2.45 bits per heavy atom. The molecule has 232 valence electrons. The van der Waals surface area contributed by atoms with Gasteiger partial charge in [-0.2, -0.15) is 0 Å². The van der Waals surface area contributed by atoms with Gasteiger partial charge >= 0.3 is 0 Å². The lowest BCUT2D eigenvalue weighted by Crippen LogP contribution is -2.42. The summed E-state index contributed by atoms with van der Waals surface area (Å²) in [6, 6.07) is 10.7. The van der Waals surface area contributed by atoms with Crippen LogP contribution >= 0.6 is 24.8 Å². The number of amides is 3. The normalized spacial score (nSPS) is 15.3.